The van der Waals surface area contributed by atoms with Gasteiger partial charge in [0.1, 0.15) is 5.01 Å². The zero-order valence-electron chi connectivity index (χ0n) is 10.6. The molecule has 1 aromatic heterocycles. The average Bonchev–Trinajstić information content (AvgIpc) is 2.82. The molecule has 108 valence electrons. The summed E-state index contributed by atoms with van der Waals surface area (Å²) in [7, 11) is -3.62. The van der Waals surface area contributed by atoms with Crippen LogP contribution >= 0.6 is 27.3 Å². The first-order valence-corrected chi connectivity index (χ1v) is 8.88. The number of hydrogen-bond donors (Lipinski definition) is 2. The number of rotatable bonds is 5. The van der Waals surface area contributed by atoms with Crippen LogP contribution in [0.15, 0.2) is 32.9 Å². The number of aliphatic hydroxyl groups excluding tert-OH is 1. The van der Waals surface area contributed by atoms with Gasteiger partial charge in [-0.15, -0.1) is 11.3 Å². The molecule has 0 saturated carbocycles. The SMILES string of the molecule is Cc1csc(CNS(=O)(=O)c2ccc(CO)cc2Br)n1. The fourth-order valence-electron chi connectivity index (χ4n) is 1.58. The van der Waals surface area contributed by atoms with Gasteiger partial charge in [-0.1, -0.05) is 6.07 Å². The maximum absolute atomic E-state index is 12.2. The van der Waals surface area contributed by atoms with Gasteiger partial charge in [-0.05, 0) is 40.5 Å². The van der Waals surface area contributed by atoms with E-state index >= 15 is 0 Å². The van der Waals surface area contributed by atoms with Crippen molar-refractivity contribution >= 4 is 37.3 Å². The van der Waals surface area contributed by atoms with E-state index in [0.29, 0.717) is 15.0 Å². The van der Waals surface area contributed by atoms with E-state index in [2.05, 4.69) is 25.6 Å². The first kappa shape index (κ1) is 15.6. The summed E-state index contributed by atoms with van der Waals surface area (Å²) < 4.78 is 27.3. The molecule has 0 aliphatic rings. The van der Waals surface area contributed by atoms with Crippen molar-refractivity contribution in [1.82, 2.24) is 9.71 Å². The highest BCUT2D eigenvalue weighted by molar-refractivity contribution is 9.10. The maximum atomic E-state index is 12.2. The Labute approximate surface area is 129 Å². The highest BCUT2D eigenvalue weighted by Crippen LogP contribution is 2.23. The van der Waals surface area contributed by atoms with E-state index in [1.807, 2.05) is 12.3 Å². The molecule has 2 rings (SSSR count). The molecule has 0 bridgehead atoms. The van der Waals surface area contributed by atoms with Crippen LogP contribution in [0.2, 0.25) is 0 Å². The van der Waals surface area contributed by atoms with Crippen molar-refractivity contribution < 1.29 is 13.5 Å². The molecule has 2 aromatic rings. The lowest BCUT2D eigenvalue weighted by Gasteiger charge is -2.08. The second-order valence-electron chi connectivity index (χ2n) is 4.13. The van der Waals surface area contributed by atoms with E-state index in [9.17, 15) is 8.42 Å². The summed E-state index contributed by atoms with van der Waals surface area (Å²) in [6.45, 7) is 1.89. The van der Waals surface area contributed by atoms with Gasteiger partial charge in [0.25, 0.3) is 0 Å². The average molecular weight is 377 g/mol. The molecule has 0 aliphatic heterocycles. The summed E-state index contributed by atoms with van der Waals surface area (Å²) in [5, 5.41) is 11.6. The van der Waals surface area contributed by atoms with Crippen molar-refractivity contribution in [3.8, 4) is 0 Å². The van der Waals surface area contributed by atoms with E-state index in [4.69, 9.17) is 5.11 Å². The first-order valence-electron chi connectivity index (χ1n) is 5.72. The minimum Gasteiger partial charge on any atom is -0.392 e. The number of aryl methyl sites for hydroxylation is 1. The van der Waals surface area contributed by atoms with Crippen LogP contribution in [0.25, 0.3) is 0 Å². The molecule has 0 unspecified atom stereocenters. The quantitative estimate of drug-likeness (QED) is 0.837. The third-order valence-electron chi connectivity index (χ3n) is 2.55. The van der Waals surface area contributed by atoms with E-state index in [-0.39, 0.29) is 18.0 Å². The van der Waals surface area contributed by atoms with Crippen molar-refractivity contribution in [1.29, 1.82) is 0 Å². The minimum atomic E-state index is -3.62. The molecule has 0 amide bonds. The standard InChI is InChI=1S/C12H13BrN2O3S2/c1-8-7-19-12(15-8)5-14-20(17,18)11-3-2-9(6-16)4-10(11)13/h2-4,7,14,16H,5-6H2,1H3. The highest BCUT2D eigenvalue weighted by Gasteiger charge is 2.18. The molecule has 20 heavy (non-hydrogen) atoms. The molecule has 0 fully saturated rings. The van der Waals surface area contributed by atoms with Crippen LogP contribution in [0.4, 0.5) is 0 Å². The van der Waals surface area contributed by atoms with Crippen LogP contribution in [-0.4, -0.2) is 18.5 Å². The van der Waals surface area contributed by atoms with Crippen LogP contribution in [-0.2, 0) is 23.2 Å². The number of nitrogens with one attached hydrogen (secondary N) is 1. The summed E-state index contributed by atoms with van der Waals surface area (Å²) in [5.41, 5.74) is 1.52. The van der Waals surface area contributed by atoms with Gasteiger partial charge in [0, 0.05) is 15.5 Å². The largest absolute Gasteiger partial charge is 0.392 e. The fourth-order valence-corrected chi connectivity index (χ4v) is 4.49. The molecular weight excluding hydrogens is 364 g/mol. The van der Waals surface area contributed by atoms with Crippen molar-refractivity contribution in [2.45, 2.75) is 25.0 Å². The molecule has 0 spiro atoms. The number of hydrogen-bond acceptors (Lipinski definition) is 5. The Bertz CT molecular complexity index is 713. The molecule has 0 radical (unpaired) electrons. The molecule has 8 heteroatoms. The number of benzene rings is 1. The summed E-state index contributed by atoms with van der Waals surface area (Å²) in [5.74, 6) is 0. The van der Waals surface area contributed by atoms with Crippen LogP contribution in [0.5, 0.6) is 0 Å². The number of aliphatic hydroxyl groups is 1. The Kier molecular flexibility index (Phi) is 4.92. The lowest BCUT2D eigenvalue weighted by molar-refractivity contribution is 0.281. The lowest BCUT2D eigenvalue weighted by Crippen LogP contribution is -2.23. The van der Waals surface area contributed by atoms with Gasteiger partial charge in [0.15, 0.2) is 0 Å². The number of halogens is 1. The predicted molar refractivity (Wildman–Crippen MR) is 80.9 cm³/mol. The smallest absolute Gasteiger partial charge is 0.242 e. The lowest BCUT2D eigenvalue weighted by atomic mass is 10.2. The Morgan fingerprint density at radius 3 is 2.75 bits per heavy atom. The van der Waals surface area contributed by atoms with Crippen LogP contribution in [0.3, 0.4) is 0 Å². The van der Waals surface area contributed by atoms with Crippen LogP contribution < -0.4 is 4.72 Å². The molecule has 2 N–H and O–H groups in total. The Morgan fingerprint density at radius 1 is 1.45 bits per heavy atom. The molecule has 0 aliphatic carbocycles. The maximum Gasteiger partial charge on any atom is 0.242 e. The van der Waals surface area contributed by atoms with Crippen LogP contribution in [0, 0.1) is 6.92 Å². The second-order valence-corrected chi connectivity index (χ2v) is 7.66. The minimum absolute atomic E-state index is 0.134. The van der Waals surface area contributed by atoms with Gasteiger partial charge in [-0.2, -0.15) is 0 Å². The summed E-state index contributed by atoms with van der Waals surface area (Å²) in [6.07, 6.45) is 0. The highest BCUT2D eigenvalue weighted by atomic mass is 79.9. The van der Waals surface area contributed by atoms with Gasteiger partial charge < -0.3 is 5.11 Å². The first-order chi connectivity index (χ1) is 9.42. The molecule has 5 nitrogen and oxygen atoms in total. The van der Waals surface area contributed by atoms with Gasteiger partial charge in [0.05, 0.1) is 18.0 Å². The Hall–Kier alpha value is -0.800. The third kappa shape index (κ3) is 3.64. The molecule has 1 heterocycles. The van der Waals surface area contributed by atoms with E-state index in [0.717, 1.165) is 5.69 Å². The topological polar surface area (TPSA) is 79.3 Å². The number of thiazole rings is 1. The Balaban J connectivity index is 2.18. The van der Waals surface area contributed by atoms with Gasteiger partial charge >= 0.3 is 0 Å². The zero-order chi connectivity index (χ0) is 14.8. The number of aromatic nitrogens is 1. The van der Waals surface area contributed by atoms with Gasteiger partial charge in [-0.3, -0.25) is 0 Å². The normalized spacial score (nSPS) is 11.8. The van der Waals surface area contributed by atoms with E-state index in [1.165, 1.54) is 17.4 Å². The van der Waals surface area contributed by atoms with Crippen molar-refractivity contribution in [2.75, 3.05) is 0 Å². The van der Waals surface area contributed by atoms with Crippen molar-refractivity contribution in [3.05, 3.63) is 44.3 Å². The van der Waals surface area contributed by atoms with Gasteiger partial charge in [0.2, 0.25) is 10.0 Å². The molecule has 1 aromatic carbocycles. The number of nitrogens with zero attached hydrogens (tertiary/aromatic N) is 1. The molecule has 0 atom stereocenters. The third-order valence-corrected chi connectivity index (χ3v) is 5.89. The van der Waals surface area contributed by atoms with Gasteiger partial charge in [-0.25, -0.2) is 18.1 Å². The summed E-state index contributed by atoms with van der Waals surface area (Å²) in [4.78, 5) is 4.35. The van der Waals surface area contributed by atoms with E-state index in [1.54, 1.807) is 12.1 Å². The van der Waals surface area contributed by atoms with E-state index < -0.39 is 10.0 Å². The van der Waals surface area contributed by atoms with Crippen molar-refractivity contribution in [2.24, 2.45) is 0 Å². The monoisotopic (exact) mass is 376 g/mol. The predicted octanol–water partition coefficient (Wildman–Crippen LogP) is 2.18. The summed E-state index contributed by atoms with van der Waals surface area (Å²) >= 11 is 4.62. The number of sulfonamides is 1. The zero-order valence-corrected chi connectivity index (χ0v) is 13.8. The van der Waals surface area contributed by atoms with Crippen molar-refractivity contribution in [3.63, 3.8) is 0 Å². The second kappa shape index (κ2) is 6.31. The molecule has 0 saturated heterocycles. The Morgan fingerprint density at radius 2 is 2.20 bits per heavy atom. The fraction of sp³-hybridized carbons (Fsp3) is 0.250. The molecular formula is C12H13BrN2O3S2. The van der Waals surface area contributed by atoms with Crippen LogP contribution in [0.1, 0.15) is 16.3 Å². The summed E-state index contributed by atoms with van der Waals surface area (Å²) in [6, 6.07) is 4.63.